The van der Waals surface area contributed by atoms with Crippen LogP contribution in [0.1, 0.15) is 11.4 Å². The Labute approximate surface area is 100 Å². The SMILES string of the molecule is Cc1nc2c(c(C)nn2C)c2c(=O)[nH][nH]c(=O)c12. The number of rotatable bonds is 0. The van der Waals surface area contributed by atoms with Crippen molar-refractivity contribution >= 4 is 21.8 Å². The van der Waals surface area contributed by atoms with E-state index >= 15 is 0 Å². The molecule has 0 unspecified atom stereocenters. The third kappa shape index (κ3) is 1.18. The molecule has 0 atom stereocenters. The minimum atomic E-state index is -0.347. The molecule has 18 heavy (non-hydrogen) atoms. The van der Waals surface area contributed by atoms with Crippen LogP contribution < -0.4 is 11.1 Å². The molecule has 0 aromatic carbocycles. The molecule has 0 aliphatic heterocycles. The summed E-state index contributed by atoms with van der Waals surface area (Å²) in [6.45, 7) is 3.50. The summed E-state index contributed by atoms with van der Waals surface area (Å²) in [7, 11) is 1.76. The van der Waals surface area contributed by atoms with E-state index in [0.717, 1.165) is 0 Å². The van der Waals surface area contributed by atoms with Crippen molar-refractivity contribution in [1.29, 1.82) is 0 Å². The standard InChI is InChI=1S/C11H11N5O2/c1-4-7-8(11(18)14-13-10(7)17)6-5(2)15-16(3)9(6)12-4/h1-3H3,(H,13,17)(H,14,18). The molecule has 7 nitrogen and oxygen atoms in total. The molecule has 0 amide bonds. The number of hydrogen-bond acceptors (Lipinski definition) is 4. The van der Waals surface area contributed by atoms with Crippen molar-refractivity contribution in [3.8, 4) is 0 Å². The van der Waals surface area contributed by atoms with Crippen LogP contribution in [0.3, 0.4) is 0 Å². The van der Waals surface area contributed by atoms with Crippen molar-refractivity contribution in [1.82, 2.24) is 25.0 Å². The predicted molar refractivity (Wildman–Crippen MR) is 66.7 cm³/mol. The molecule has 3 aromatic rings. The third-order valence-electron chi connectivity index (χ3n) is 3.07. The van der Waals surface area contributed by atoms with E-state index in [2.05, 4.69) is 20.3 Å². The van der Waals surface area contributed by atoms with Gasteiger partial charge < -0.3 is 0 Å². The minimum absolute atomic E-state index is 0.322. The molecule has 2 N–H and O–H groups in total. The van der Waals surface area contributed by atoms with Crippen LogP contribution in [-0.2, 0) is 7.05 Å². The first kappa shape index (κ1) is 10.7. The second kappa shape index (κ2) is 3.28. The quantitative estimate of drug-likeness (QED) is 0.587. The fourth-order valence-electron chi connectivity index (χ4n) is 2.33. The number of nitrogens with zero attached hydrogens (tertiary/aromatic N) is 3. The number of hydrogen-bond donors (Lipinski definition) is 2. The summed E-state index contributed by atoms with van der Waals surface area (Å²) >= 11 is 0. The summed E-state index contributed by atoms with van der Waals surface area (Å²) in [5, 5.41) is 10.2. The highest BCUT2D eigenvalue weighted by atomic mass is 16.1. The molecule has 0 aliphatic carbocycles. The first-order chi connectivity index (χ1) is 8.50. The van der Waals surface area contributed by atoms with Gasteiger partial charge >= 0.3 is 0 Å². The number of H-pyrrole nitrogens is 2. The first-order valence-electron chi connectivity index (χ1n) is 5.45. The zero-order valence-electron chi connectivity index (χ0n) is 10.2. The lowest BCUT2D eigenvalue weighted by atomic mass is 10.1. The number of aryl methyl sites for hydroxylation is 3. The van der Waals surface area contributed by atoms with Crippen molar-refractivity contribution in [2.45, 2.75) is 13.8 Å². The van der Waals surface area contributed by atoms with Crippen LogP contribution in [0.15, 0.2) is 9.59 Å². The number of fused-ring (bicyclic) bond motifs is 3. The lowest BCUT2D eigenvalue weighted by Crippen LogP contribution is -2.20. The fourth-order valence-corrected chi connectivity index (χ4v) is 2.33. The normalized spacial score (nSPS) is 11.5. The van der Waals surface area contributed by atoms with Crippen LogP contribution in [0.2, 0.25) is 0 Å². The van der Waals surface area contributed by atoms with E-state index in [0.29, 0.717) is 33.2 Å². The van der Waals surface area contributed by atoms with Crippen LogP contribution in [0.5, 0.6) is 0 Å². The van der Waals surface area contributed by atoms with Gasteiger partial charge in [0.2, 0.25) is 0 Å². The molecule has 0 radical (unpaired) electrons. The molecule has 7 heteroatoms. The van der Waals surface area contributed by atoms with Crippen LogP contribution in [0.4, 0.5) is 0 Å². The maximum atomic E-state index is 12.0. The van der Waals surface area contributed by atoms with Crippen LogP contribution in [0.25, 0.3) is 21.8 Å². The molecule has 3 aromatic heterocycles. The second-order valence-corrected chi connectivity index (χ2v) is 4.26. The van der Waals surface area contributed by atoms with E-state index < -0.39 is 0 Å². The Hall–Kier alpha value is -2.44. The van der Waals surface area contributed by atoms with E-state index in [1.54, 1.807) is 25.6 Å². The molecule has 3 heterocycles. The smallest absolute Gasteiger partial charge is 0.267 e. The highest BCUT2D eigenvalue weighted by Gasteiger charge is 2.17. The maximum Gasteiger partial charge on any atom is 0.272 e. The van der Waals surface area contributed by atoms with E-state index in [9.17, 15) is 9.59 Å². The van der Waals surface area contributed by atoms with Gasteiger partial charge in [-0.25, -0.2) is 4.98 Å². The van der Waals surface area contributed by atoms with Crippen LogP contribution in [-0.4, -0.2) is 25.0 Å². The van der Waals surface area contributed by atoms with Crippen molar-refractivity contribution in [2.75, 3.05) is 0 Å². The average Bonchev–Trinajstić information content (AvgIpc) is 2.59. The molecular weight excluding hydrogens is 234 g/mol. The van der Waals surface area contributed by atoms with Gasteiger partial charge in [-0.2, -0.15) is 5.10 Å². The summed E-state index contributed by atoms with van der Waals surface area (Å²) in [6, 6.07) is 0. The fraction of sp³-hybridized carbons (Fsp3) is 0.273. The van der Waals surface area contributed by atoms with Gasteiger partial charge in [0, 0.05) is 7.05 Å². The summed E-state index contributed by atoms with van der Waals surface area (Å²) < 4.78 is 1.61. The average molecular weight is 245 g/mol. The zero-order chi connectivity index (χ0) is 13.0. The minimum Gasteiger partial charge on any atom is -0.267 e. The van der Waals surface area contributed by atoms with Crippen molar-refractivity contribution in [3.63, 3.8) is 0 Å². The molecule has 0 saturated heterocycles. The molecule has 3 rings (SSSR count). The predicted octanol–water partition coefficient (Wildman–Crippen LogP) is 0.115. The van der Waals surface area contributed by atoms with Gasteiger partial charge in [-0.3, -0.25) is 24.5 Å². The van der Waals surface area contributed by atoms with E-state index in [-0.39, 0.29) is 11.1 Å². The summed E-state index contributed by atoms with van der Waals surface area (Å²) in [4.78, 5) is 28.1. The van der Waals surface area contributed by atoms with E-state index in [1.165, 1.54) is 0 Å². The van der Waals surface area contributed by atoms with E-state index in [1.807, 2.05) is 0 Å². The van der Waals surface area contributed by atoms with E-state index in [4.69, 9.17) is 0 Å². The van der Waals surface area contributed by atoms with Gasteiger partial charge in [-0.15, -0.1) is 0 Å². The summed E-state index contributed by atoms with van der Waals surface area (Å²) in [6.07, 6.45) is 0. The Morgan fingerprint density at radius 3 is 2.22 bits per heavy atom. The lowest BCUT2D eigenvalue weighted by molar-refractivity contribution is 0.772. The van der Waals surface area contributed by atoms with Crippen molar-refractivity contribution < 1.29 is 0 Å². The second-order valence-electron chi connectivity index (χ2n) is 4.26. The Morgan fingerprint density at radius 2 is 1.56 bits per heavy atom. The number of aromatic amines is 2. The van der Waals surface area contributed by atoms with Gasteiger partial charge in [-0.1, -0.05) is 0 Å². The number of pyridine rings is 1. The zero-order valence-corrected chi connectivity index (χ0v) is 10.2. The maximum absolute atomic E-state index is 12.0. The Bertz CT molecular complexity index is 900. The van der Waals surface area contributed by atoms with Crippen molar-refractivity contribution in [3.05, 3.63) is 32.1 Å². The van der Waals surface area contributed by atoms with Gasteiger partial charge in [0.25, 0.3) is 11.1 Å². The molecule has 0 aliphatic rings. The largest absolute Gasteiger partial charge is 0.272 e. The molecule has 0 spiro atoms. The Morgan fingerprint density at radius 1 is 0.944 bits per heavy atom. The first-order valence-corrected chi connectivity index (χ1v) is 5.45. The summed E-state index contributed by atoms with van der Waals surface area (Å²) in [5.74, 6) is 0. The van der Waals surface area contributed by atoms with Gasteiger partial charge in [0.15, 0.2) is 5.65 Å². The number of aromatic nitrogens is 5. The summed E-state index contributed by atoms with van der Waals surface area (Å²) in [5.41, 5.74) is 1.12. The molecular formula is C11H11N5O2. The molecule has 0 saturated carbocycles. The topological polar surface area (TPSA) is 96.4 Å². The monoisotopic (exact) mass is 245 g/mol. The van der Waals surface area contributed by atoms with Crippen molar-refractivity contribution in [2.24, 2.45) is 7.05 Å². The third-order valence-corrected chi connectivity index (χ3v) is 3.07. The molecule has 0 bridgehead atoms. The molecule has 0 fully saturated rings. The van der Waals surface area contributed by atoms with Gasteiger partial charge in [0.1, 0.15) is 0 Å². The lowest BCUT2D eigenvalue weighted by Gasteiger charge is -2.02. The van der Waals surface area contributed by atoms with Crippen LogP contribution >= 0.6 is 0 Å². The highest BCUT2D eigenvalue weighted by Crippen LogP contribution is 2.23. The molecule has 92 valence electrons. The number of nitrogens with one attached hydrogen (secondary N) is 2. The Kier molecular flexibility index (Phi) is 1.95. The van der Waals surface area contributed by atoms with Crippen LogP contribution in [0, 0.1) is 13.8 Å². The highest BCUT2D eigenvalue weighted by molar-refractivity contribution is 6.06. The van der Waals surface area contributed by atoms with Gasteiger partial charge in [0.05, 0.1) is 27.5 Å². The Balaban J connectivity index is 2.83. The van der Waals surface area contributed by atoms with Gasteiger partial charge in [-0.05, 0) is 13.8 Å².